The number of carbonyl (C=O) groups is 3. The third-order valence-corrected chi connectivity index (χ3v) is 7.06. The highest BCUT2D eigenvalue weighted by Crippen LogP contribution is 2.25. The van der Waals surface area contributed by atoms with Crippen LogP contribution in [0, 0.1) is 12.8 Å². The topological polar surface area (TPSA) is 101 Å². The molecule has 4 rings (SSSR count). The largest absolute Gasteiger partial charge is 0.480 e. The zero-order valence-electron chi connectivity index (χ0n) is 29.8. The Hall–Kier alpha value is -3.91. The number of nitrogens with two attached hydrogens (primary N) is 1. The lowest BCUT2D eigenvalue weighted by Gasteiger charge is -2.14. The van der Waals surface area contributed by atoms with Crippen molar-refractivity contribution in [3.63, 3.8) is 0 Å². The number of Topliss-reactive ketones (excluding diaryl/α,β-unsaturated/α-hetero) is 1. The Morgan fingerprint density at radius 1 is 1.00 bits per heavy atom. The van der Waals surface area contributed by atoms with Crippen molar-refractivity contribution >= 4 is 40.0 Å². The van der Waals surface area contributed by atoms with E-state index in [-0.39, 0.29) is 12.3 Å². The van der Waals surface area contributed by atoms with E-state index in [2.05, 4.69) is 60.1 Å². The second-order valence-electron chi connectivity index (χ2n) is 11.0. The van der Waals surface area contributed by atoms with Gasteiger partial charge in [-0.15, -0.1) is 0 Å². The molecule has 0 atom stereocenters. The van der Waals surface area contributed by atoms with Crippen LogP contribution in [0.4, 0.5) is 0 Å². The summed E-state index contributed by atoms with van der Waals surface area (Å²) in [5.74, 6) is -0.286. The molecule has 6 nitrogen and oxygen atoms in total. The van der Waals surface area contributed by atoms with Crippen LogP contribution in [0.2, 0.25) is 0 Å². The number of carbonyl (C=O) groups excluding carboxylic acids is 2. The summed E-state index contributed by atoms with van der Waals surface area (Å²) in [5.41, 5.74) is 11.6. The van der Waals surface area contributed by atoms with Gasteiger partial charge in [0.2, 0.25) is 0 Å². The number of aldehydes is 1. The first-order chi connectivity index (χ1) is 23.0. The molecule has 0 bridgehead atoms. The maximum Gasteiger partial charge on any atom is 0.317 e. The third kappa shape index (κ3) is 21.8. The lowest BCUT2D eigenvalue weighted by Crippen LogP contribution is -2.25. The molecule has 0 aromatic heterocycles. The van der Waals surface area contributed by atoms with E-state index in [0.717, 1.165) is 52.3 Å². The van der Waals surface area contributed by atoms with Gasteiger partial charge in [-0.2, -0.15) is 0 Å². The number of aliphatic carboxylic acids is 1. The average Bonchev–Trinajstić information content (AvgIpc) is 3.94. The Kier molecular flexibility index (Phi) is 24.9. The monoisotopic (exact) mass is 718 g/mol. The van der Waals surface area contributed by atoms with Crippen molar-refractivity contribution in [1.29, 1.82) is 0 Å². The number of carboxylic acid groups (broad SMARTS) is 1. The number of ketones is 1. The number of aryl methyl sites for hydroxylation is 1. The van der Waals surface area contributed by atoms with Crippen molar-refractivity contribution in [3.05, 3.63) is 135 Å². The maximum absolute atomic E-state index is 11.9. The van der Waals surface area contributed by atoms with Crippen molar-refractivity contribution < 1.29 is 19.5 Å². The predicted molar refractivity (Wildman–Crippen MR) is 206 cm³/mol. The standard InChI is InChI=1S/C14H19NO2.C14H17NO.C7H7Br.C4H6O.C2H6/c1-3-4-6-12-7-5-8-13(9-12)10-15(2)11-14(16)17;1-3-4-5-11(2)14(16)13-8-6-12(10-15)7-9-13;1-6-2-4-7(8)5-3-6;5-3-4-1-2-4;1-2/h4-9H,3,10-11H2,1-2H3,(H,16,17);3-9H,10,15H2,1-2H3;2-5H,1H3;3-4H,1-2H2;1-2H3/b6-4+;4-3-,11-5+;;;. The van der Waals surface area contributed by atoms with Gasteiger partial charge < -0.3 is 15.6 Å². The molecule has 1 saturated carbocycles. The van der Waals surface area contributed by atoms with Crippen molar-refractivity contribution in [1.82, 2.24) is 4.90 Å². The van der Waals surface area contributed by atoms with Crippen LogP contribution in [-0.4, -0.2) is 41.6 Å². The van der Waals surface area contributed by atoms with Crippen LogP contribution in [0.5, 0.6) is 0 Å². The van der Waals surface area contributed by atoms with E-state index in [4.69, 9.17) is 10.8 Å². The Morgan fingerprint density at radius 2 is 1.62 bits per heavy atom. The molecule has 1 aliphatic carbocycles. The summed E-state index contributed by atoms with van der Waals surface area (Å²) in [6.07, 6.45) is 14.1. The zero-order valence-corrected chi connectivity index (χ0v) is 31.4. The number of hydrogen-bond acceptors (Lipinski definition) is 5. The SMILES string of the molecule is C/C=C\C=C(/C)C(=O)c1ccc(CN)cc1.CC.CC/C=C/c1cccc(CN(C)CC(=O)O)c1.Cc1ccc(Br)cc1.O=CC1CC1. The summed E-state index contributed by atoms with van der Waals surface area (Å²) in [6.45, 7) is 13.1. The van der Waals surface area contributed by atoms with Gasteiger partial charge in [0.1, 0.15) is 6.29 Å². The number of allylic oxidation sites excluding steroid dienone is 5. The van der Waals surface area contributed by atoms with Gasteiger partial charge in [0.05, 0.1) is 6.54 Å². The first-order valence-electron chi connectivity index (χ1n) is 16.5. The maximum atomic E-state index is 11.9. The normalized spacial score (nSPS) is 12.0. The van der Waals surface area contributed by atoms with Gasteiger partial charge in [-0.3, -0.25) is 14.5 Å². The van der Waals surface area contributed by atoms with Gasteiger partial charge in [0, 0.05) is 29.0 Å². The Labute approximate surface area is 297 Å². The van der Waals surface area contributed by atoms with Gasteiger partial charge in [0.25, 0.3) is 0 Å². The Morgan fingerprint density at radius 3 is 2.08 bits per heavy atom. The highest BCUT2D eigenvalue weighted by atomic mass is 79.9. The lowest BCUT2D eigenvalue weighted by molar-refractivity contribution is -0.138. The molecule has 0 saturated heterocycles. The van der Waals surface area contributed by atoms with Crippen molar-refractivity contribution in [2.24, 2.45) is 11.7 Å². The van der Waals surface area contributed by atoms with E-state index in [0.29, 0.717) is 24.6 Å². The van der Waals surface area contributed by atoms with Crippen LogP contribution < -0.4 is 5.73 Å². The fraction of sp³-hybridized carbons (Fsp3) is 0.341. The number of halogens is 1. The van der Waals surface area contributed by atoms with Crippen molar-refractivity contribution in [2.45, 2.75) is 73.9 Å². The van der Waals surface area contributed by atoms with Crippen LogP contribution in [0.15, 0.2) is 107 Å². The van der Waals surface area contributed by atoms with Gasteiger partial charge >= 0.3 is 5.97 Å². The quantitative estimate of drug-likeness (QED) is 0.0886. The summed E-state index contributed by atoms with van der Waals surface area (Å²) in [7, 11) is 1.81. The van der Waals surface area contributed by atoms with Crippen LogP contribution >= 0.6 is 15.9 Å². The highest BCUT2D eigenvalue weighted by Gasteiger charge is 2.19. The minimum absolute atomic E-state index is 0.0571. The molecule has 0 radical (unpaired) electrons. The van der Waals surface area contributed by atoms with Gasteiger partial charge in [0.15, 0.2) is 5.78 Å². The van der Waals surface area contributed by atoms with E-state index >= 15 is 0 Å². The van der Waals surface area contributed by atoms with Gasteiger partial charge in [-0.1, -0.05) is 133 Å². The number of carboxylic acids is 1. The molecule has 48 heavy (non-hydrogen) atoms. The molecule has 0 spiro atoms. The minimum Gasteiger partial charge on any atom is -0.480 e. The molecule has 0 heterocycles. The van der Waals surface area contributed by atoms with Gasteiger partial charge in [-0.05, 0) is 81.5 Å². The van der Waals surface area contributed by atoms with E-state index in [1.165, 1.54) is 5.56 Å². The average molecular weight is 720 g/mol. The molecule has 260 valence electrons. The molecule has 0 aliphatic heterocycles. The van der Waals surface area contributed by atoms with Crippen molar-refractivity contribution in [3.8, 4) is 0 Å². The highest BCUT2D eigenvalue weighted by molar-refractivity contribution is 9.10. The lowest BCUT2D eigenvalue weighted by atomic mass is 10.0. The van der Waals surface area contributed by atoms with E-state index < -0.39 is 5.97 Å². The van der Waals surface area contributed by atoms with E-state index in [1.807, 2.05) is 108 Å². The minimum atomic E-state index is -0.797. The molecule has 7 heteroatoms. The number of hydrogen-bond donors (Lipinski definition) is 2. The van der Waals surface area contributed by atoms with Crippen LogP contribution in [-0.2, 0) is 22.7 Å². The molecule has 1 aliphatic rings. The van der Waals surface area contributed by atoms with Crippen LogP contribution in [0.25, 0.3) is 6.08 Å². The van der Waals surface area contributed by atoms with Crippen molar-refractivity contribution in [2.75, 3.05) is 13.6 Å². The molecule has 3 aromatic rings. The first kappa shape index (κ1) is 44.1. The van der Waals surface area contributed by atoms with E-state index in [9.17, 15) is 14.4 Å². The summed E-state index contributed by atoms with van der Waals surface area (Å²) in [5, 5.41) is 8.68. The predicted octanol–water partition coefficient (Wildman–Crippen LogP) is 9.86. The Balaban J connectivity index is 0.000000652. The van der Waals surface area contributed by atoms with E-state index in [1.54, 1.807) is 4.90 Å². The number of rotatable bonds is 11. The molecular weight excluding hydrogens is 664 g/mol. The molecule has 3 aromatic carbocycles. The molecule has 0 amide bonds. The number of benzene rings is 3. The number of nitrogens with zero attached hydrogens (tertiary/aromatic N) is 1. The third-order valence-electron chi connectivity index (χ3n) is 6.53. The summed E-state index contributed by atoms with van der Waals surface area (Å²) in [4.78, 5) is 33.8. The summed E-state index contributed by atoms with van der Waals surface area (Å²) >= 11 is 3.35. The van der Waals surface area contributed by atoms with Crippen LogP contribution in [0.3, 0.4) is 0 Å². The summed E-state index contributed by atoms with van der Waals surface area (Å²) in [6, 6.07) is 23.8. The fourth-order valence-corrected chi connectivity index (χ4v) is 4.01. The fourth-order valence-electron chi connectivity index (χ4n) is 3.75. The molecular formula is C41H55BrN2O4. The molecule has 3 N–H and O–H groups in total. The second kappa shape index (κ2) is 27.1. The van der Waals surface area contributed by atoms with Crippen LogP contribution in [0.1, 0.15) is 86.5 Å². The number of likely N-dealkylation sites (N-methyl/N-ethyl adjacent to an activating group) is 1. The second-order valence-corrected chi connectivity index (χ2v) is 11.9. The first-order valence-corrected chi connectivity index (χ1v) is 17.3. The molecule has 1 fully saturated rings. The molecule has 0 unspecified atom stereocenters. The summed E-state index contributed by atoms with van der Waals surface area (Å²) < 4.78 is 1.14. The zero-order chi connectivity index (χ0) is 36.3. The van der Waals surface area contributed by atoms with Gasteiger partial charge in [-0.25, -0.2) is 0 Å². The smallest absolute Gasteiger partial charge is 0.317 e. The Bertz CT molecular complexity index is 1400.